The number of nitrogens with zero attached hydrogens (tertiary/aromatic N) is 5. The van der Waals surface area contributed by atoms with Gasteiger partial charge in [-0.05, 0) is 25.5 Å². The van der Waals surface area contributed by atoms with E-state index in [4.69, 9.17) is 0 Å². The maximum atomic E-state index is 12.7. The van der Waals surface area contributed by atoms with E-state index in [1.165, 1.54) is 0 Å². The molecule has 1 fully saturated rings. The van der Waals surface area contributed by atoms with E-state index in [9.17, 15) is 8.42 Å². The fourth-order valence-corrected chi connectivity index (χ4v) is 5.18. The third kappa shape index (κ3) is 4.09. The van der Waals surface area contributed by atoms with Crippen molar-refractivity contribution in [3.05, 3.63) is 65.2 Å². The van der Waals surface area contributed by atoms with Crippen LogP contribution >= 0.6 is 0 Å². The molecule has 0 radical (unpaired) electrons. The van der Waals surface area contributed by atoms with Gasteiger partial charge in [0, 0.05) is 50.3 Å². The fourth-order valence-electron chi connectivity index (χ4n) is 3.67. The van der Waals surface area contributed by atoms with E-state index < -0.39 is 10.0 Å². The van der Waals surface area contributed by atoms with Crippen molar-refractivity contribution in [2.24, 2.45) is 0 Å². The lowest BCUT2D eigenvalue weighted by atomic mass is 10.2. The molecule has 7 nitrogen and oxygen atoms in total. The number of piperazine rings is 1. The average Bonchev–Trinajstić information content (AvgIpc) is 3.05. The average molecular weight is 400 g/mol. The summed E-state index contributed by atoms with van der Waals surface area (Å²) in [7, 11) is -3.29. The second kappa shape index (κ2) is 7.62. The van der Waals surface area contributed by atoms with Gasteiger partial charge in [0.15, 0.2) is 0 Å². The Hall–Kier alpha value is -2.29. The van der Waals surface area contributed by atoms with Crippen molar-refractivity contribution in [2.75, 3.05) is 26.2 Å². The van der Waals surface area contributed by atoms with E-state index in [0.717, 1.165) is 28.4 Å². The topological polar surface area (TPSA) is 70.8 Å². The first-order valence-electron chi connectivity index (χ1n) is 9.47. The van der Waals surface area contributed by atoms with Gasteiger partial charge < -0.3 is 0 Å². The van der Waals surface area contributed by atoms with E-state index in [1.54, 1.807) is 4.31 Å². The number of aromatic nitrogens is 3. The number of rotatable bonds is 5. The Morgan fingerprint density at radius 1 is 1.00 bits per heavy atom. The highest BCUT2D eigenvalue weighted by molar-refractivity contribution is 7.88. The number of aryl methyl sites for hydroxylation is 2. The van der Waals surface area contributed by atoms with Crippen LogP contribution in [0.3, 0.4) is 0 Å². The van der Waals surface area contributed by atoms with Gasteiger partial charge >= 0.3 is 0 Å². The van der Waals surface area contributed by atoms with Crippen LogP contribution in [0.4, 0.5) is 0 Å². The molecule has 0 aliphatic carbocycles. The van der Waals surface area contributed by atoms with Crippen LogP contribution in [0.1, 0.15) is 22.6 Å². The molecule has 3 heterocycles. The molecule has 1 saturated heterocycles. The van der Waals surface area contributed by atoms with E-state index in [2.05, 4.69) is 14.9 Å². The van der Waals surface area contributed by atoms with Gasteiger partial charge in [0.05, 0.1) is 11.4 Å². The van der Waals surface area contributed by atoms with Crippen LogP contribution in [-0.4, -0.2) is 58.2 Å². The monoisotopic (exact) mass is 399 g/mol. The minimum Gasteiger partial charge on any atom is -0.295 e. The van der Waals surface area contributed by atoms with Gasteiger partial charge in [-0.3, -0.25) is 9.30 Å². The fraction of sp³-hybridized carbons (Fsp3) is 0.400. The summed E-state index contributed by atoms with van der Waals surface area (Å²) in [4.78, 5) is 11.4. The smallest absolute Gasteiger partial charge is 0.234 e. The van der Waals surface area contributed by atoms with Crippen molar-refractivity contribution in [3.8, 4) is 0 Å². The number of hydrogen-bond donors (Lipinski definition) is 0. The molecular formula is C20H25N5O2S. The lowest BCUT2D eigenvalue weighted by Crippen LogP contribution is -2.48. The zero-order chi connectivity index (χ0) is 19.7. The number of fused-ring (bicyclic) bond motifs is 1. The number of imidazole rings is 1. The van der Waals surface area contributed by atoms with Gasteiger partial charge in [-0.25, -0.2) is 18.4 Å². The number of benzene rings is 1. The van der Waals surface area contributed by atoms with Gasteiger partial charge in [0.25, 0.3) is 0 Å². The van der Waals surface area contributed by atoms with E-state index in [-0.39, 0.29) is 5.75 Å². The lowest BCUT2D eigenvalue weighted by Gasteiger charge is -2.33. The van der Waals surface area contributed by atoms with Crippen LogP contribution in [-0.2, 0) is 22.3 Å². The van der Waals surface area contributed by atoms with Gasteiger partial charge in [0.2, 0.25) is 15.8 Å². The van der Waals surface area contributed by atoms with E-state index >= 15 is 0 Å². The van der Waals surface area contributed by atoms with Crippen molar-refractivity contribution < 1.29 is 8.42 Å². The molecule has 0 atom stereocenters. The number of hydrogen-bond acceptors (Lipinski definition) is 5. The normalized spacial score (nSPS) is 16.6. The quantitative estimate of drug-likeness (QED) is 0.656. The molecule has 2 aromatic heterocycles. The molecule has 0 bridgehead atoms. The predicted molar refractivity (Wildman–Crippen MR) is 108 cm³/mol. The molecule has 0 saturated carbocycles. The summed E-state index contributed by atoms with van der Waals surface area (Å²) in [5.41, 5.74) is 3.85. The summed E-state index contributed by atoms with van der Waals surface area (Å²) >= 11 is 0. The second-order valence-corrected chi connectivity index (χ2v) is 9.33. The van der Waals surface area contributed by atoms with E-state index in [1.807, 2.05) is 60.8 Å². The van der Waals surface area contributed by atoms with Crippen LogP contribution in [0, 0.1) is 13.8 Å². The Morgan fingerprint density at radius 3 is 2.43 bits per heavy atom. The van der Waals surface area contributed by atoms with Gasteiger partial charge in [-0.2, -0.15) is 4.31 Å². The molecule has 8 heteroatoms. The van der Waals surface area contributed by atoms with Gasteiger partial charge in [0.1, 0.15) is 0 Å². The second-order valence-electron chi connectivity index (χ2n) is 7.36. The van der Waals surface area contributed by atoms with Crippen LogP contribution in [0.25, 0.3) is 5.78 Å². The first-order chi connectivity index (χ1) is 13.4. The minimum atomic E-state index is -3.29. The summed E-state index contributed by atoms with van der Waals surface area (Å²) in [5, 5.41) is 0. The Bertz CT molecular complexity index is 1070. The third-order valence-electron chi connectivity index (χ3n) is 5.11. The molecule has 0 unspecified atom stereocenters. The van der Waals surface area contributed by atoms with Crippen LogP contribution in [0.5, 0.6) is 0 Å². The van der Waals surface area contributed by atoms with Crippen molar-refractivity contribution in [1.82, 2.24) is 23.6 Å². The molecule has 0 spiro atoms. The Kier molecular flexibility index (Phi) is 5.18. The molecule has 0 N–H and O–H groups in total. The van der Waals surface area contributed by atoms with Gasteiger partial charge in [-0.1, -0.05) is 30.3 Å². The molecule has 148 valence electrons. The maximum absolute atomic E-state index is 12.7. The molecular weight excluding hydrogens is 374 g/mol. The molecule has 0 amide bonds. The standard InChI is InChI=1S/C20H25N5O2S/c1-16-12-17(2)25-14-19(22-20(25)21-16)13-23-8-10-24(11-9-23)28(26,27)15-18-6-4-3-5-7-18/h3-7,12,14H,8-11,13,15H2,1-2H3. The highest BCUT2D eigenvalue weighted by Crippen LogP contribution is 2.16. The van der Waals surface area contributed by atoms with Crippen molar-refractivity contribution in [1.29, 1.82) is 0 Å². The van der Waals surface area contributed by atoms with Crippen LogP contribution in [0.15, 0.2) is 42.6 Å². The Morgan fingerprint density at radius 2 is 1.71 bits per heavy atom. The summed E-state index contributed by atoms with van der Waals surface area (Å²) in [6.45, 7) is 7.15. The Labute approximate surface area is 165 Å². The first-order valence-corrected chi connectivity index (χ1v) is 11.1. The highest BCUT2D eigenvalue weighted by Gasteiger charge is 2.27. The van der Waals surface area contributed by atoms with Gasteiger partial charge in [-0.15, -0.1) is 0 Å². The molecule has 1 aliphatic heterocycles. The maximum Gasteiger partial charge on any atom is 0.234 e. The summed E-state index contributed by atoms with van der Waals surface area (Å²) in [6.07, 6.45) is 2.02. The first kappa shape index (κ1) is 19.0. The zero-order valence-corrected chi connectivity index (χ0v) is 17.1. The molecule has 1 aromatic carbocycles. The SMILES string of the molecule is Cc1cc(C)n2cc(CN3CCN(S(=O)(=O)Cc4ccccc4)CC3)nc2n1. The van der Waals surface area contributed by atoms with Crippen molar-refractivity contribution in [3.63, 3.8) is 0 Å². The largest absolute Gasteiger partial charge is 0.295 e. The zero-order valence-electron chi connectivity index (χ0n) is 16.2. The highest BCUT2D eigenvalue weighted by atomic mass is 32.2. The molecule has 3 aromatic rings. The minimum absolute atomic E-state index is 0.0601. The van der Waals surface area contributed by atoms with E-state index in [0.29, 0.717) is 32.7 Å². The molecule has 28 heavy (non-hydrogen) atoms. The molecule has 1 aliphatic rings. The molecule has 4 rings (SSSR count). The summed E-state index contributed by atoms with van der Waals surface area (Å²) in [5.74, 6) is 0.779. The van der Waals surface area contributed by atoms with Crippen molar-refractivity contribution in [2.45, 2.75) is 26.1 Å². The lowest BCUT2D eigenvalue weighted by molar-refractivity contribution is 0.180. The van der Waals surface area contributed by atoms with Crippen LogP contribution < -0.4 is 0 Å². The number of sulfonamides is 1. The Balaban J connectivity index is 1.38. The summed E-state index contributed by atoms with van der Waals surface area (Å²) < 4.78 is 29.0. The predicted octanol–water partition coefficient (Wildman–Crippen LogP) is 1.99. The van der Waals surface area contributed by atoms with Crippen molar-refractivity contribution >= 4 is 15.8 Å². The third-order valence-corrected chi connectivity index (χ3v) is 6.96. The summed E-state index contributed by atoms with van der Waals surface area (Å²) in [6, 6.07) is 11.4. The van der Waals surface area contributed by atoms with Crippen LogP contribution in [0.2, 0.25) is 0 Å².